The fourth-order valence-corrected chi connectivity index (χ4v) is 7.73. The maximum absolute atomic E-state index is 14.0. The molecule has 2 N–H and O–H groups in total. The van der Waals surface area contributed by atoms with E-state index < -0.39 is 0 Å². The number of H-pyrrole nitrogens is 1. The number of nitriles is 1. The number of carbonyl (C=O) groups is 2. The van der Waals surface area contributed by atoms with Crippen molar-refractivity contribution >= 4 is 11.7 Å². The molecule has 35 heavy (non-hydrogen) atoms. The van der Waals surface area contributed by atoms with Crippen molar-refractivity contribution in [3.63, 3.8) is 0 Å². The highest BCUT2D eigenvalue weighted by Crippen LogP contribution is 2.61. The lowest BCUT2D eigenvalue weighted by Gasteiger charge is -2.56. The molecular formula is C28H33N5O2. The van der Waals surface area contributed by atoms with Crippen LogP contribution in [0, 0.1) is 34.5 Å². The largest absolute Gasteiger partial charge is 0.354 e. The highest BCUT2D eigenvalue weighted by molar-refractivity contribution is 5.86. The van der Waals surface area contributed by atoms with E-state index in [-0.39, 0.29) is 17.4 Å². The summed E-state index contributed by atoms with van der Waals surface area (Å²) >= 11 is 0. The van der Waals surface area contributed by atoms with E-state index in [2.05, 4.69) is 26.3 Å². The monoisotopic (exact) mass is 471 g/mol. The summed E-state index contributed by atoms with van der Waals surface area (Å²) in [5.74, 6) is 3.44. The number of hydrogen-bond acceptors (Lipinski definition) is 5. The Labute approximate surface area is 206 Å². The van der Waals surface area contributed by atoms with Crippen molar-refractivity contribution < 1.29 is 9.59 Å². The summed E-state index contributed by atoms with van der Waals surface area (Å²) in [6.07, 6.45) is 10.1. The second-order valence-electron chi connectivity index (χ2n) is 11.4. The quantitative estimate of drug-likeness (QED) is 0.643. The second kappa shape index (κ2) is 8.91. The number of aromatic nitrogens is 2. The molecule has 7 rings (SSSR count). The molecule has 7 heteroatoms. The SMILES string of the molecule is N#Cc1ccc(Cc2ncc(C(CC(=O)C34CC5CC(CC(C5)C3)C4)N3CCNC(=O)C3)[nH]2)cc1. The Balaban J connectivity index is 1.23. The topological polar surface area (TPSA) is 102 Å². The number of hydrogen-bond donors (Lipinski definition) is 2. The van der Waals surface area contributed by atoms with E-state index in [9.17, 15) is 9.59 Å². The predicted molar refractivity (Wildman–Crippen MR) is 130 cm³/mol. The van der Waals surface area contributed by atoms with E-state index in [1.54, 1.807) is 0 Å². The zero-order valence-corrected chi connectivity index (χ0v) is 20.1. The van der Waals surface area contributed by atoms with Gasteiger partial charge in [-0.25, -0.2) is 4.98 Å². The van der Waals surface area contributed by atoms with Crippen LogP contribution in [0.5, 0.6) is 0 Å². The summed E-state index contributed by atoms with van der Waals surface area (Å²) in [6.45, 7) is 1.64. The van der Waals surface area contributed by atoms with Gasteiger partial charge in [0, 0.05) is 37.5 Å². The lowest BCUT2D eigenvalue weighted by atomic mass is 9.48. The van der Waals surface area contributed by atoms with Crippen LogP contribution in [0.4, 0.5) is 0 Å². The molecule has 2 heterocycles. The Morgan fingerprint density at radius 2 is 1.83 bits per heavy atom. The number of amides is 1. The van der Waals surface area contributed by atoms with Gasteiger partial charge in [-0.1, -0.05) is 12.1 Å². The second-order valence-corrected chi connectivity index (χ2v) is 11.4. The first-order valence-corrected chi connectivity index (χ1v) is 13.1. The molecule has 1 amide bonds. The smallest absolute Gasteiger partial charge is 0.234 e. The number of carbonyl (C=O) groups excluding carboxylic acids is 2. The van der Waals surface area contributed by atoms with Gasteiger partial charge < -0.3 is 10.3 Å². The molecule has 5 aliphatic rings. The number of Topliss-reactive ketones (excluding diaryl/α,β-unsaturated/α-hetero) is 1. The molecule has 1 aliphatic heterocycles. The maximum Gasteiger partial charge on any atom is 0.234 e. The van der Waals surface area contributed by atoms with E-state index >= 15 is 0 Å². The molecule has 5 fully saturated rings. The molecule has 0 radical (unpaired) electrons. The van der Waals surface area contributed by atoms with E-state index in [1.165, 1.54) is 19.3 Å². The van der Waals surface area contributed by atoms with Crippen LogP contribution < -0.4 is 5.32 Å². The summed E-state index contributed by atoms with van der Waals surface area (Å²) in [6, 6.07) is 9.52. The minimum absolute atomic E-state index is 0.0147. The standard InChI is InChI=1S/C28H33N5O2/c29-15-19-3-1-18(2-4-19)10-26-31-16-23(32-26)24(33-6-5-30-27(35)17-33)11-25(34)28-12-20-7-21(13-28)9-22(8-20)14-28/h1-4,16,20-22,24H,5-14,17H2,(H,30,35)(H,31,32). The molecule has 7 nitrogen and oxygen atoms in total. The first-order chi connectivity index (χ1) is 17.0. The van der Waals surface area contributed by atoms with Crippen LogP contribution in [0.2, 0.25) is 0 Å². The summed E-state index contributed by atoms with van der Waals surface area (Å²) in [5.41, 5.74) is 2.49. The molecule has 182 valence electrons. The number of piperazine rings is 1. The molecule has 1 atom stereocenters. The molecule has 4 bridgehead atoms. The number of imidazole rings is 1. The summed E-state index contributed by atoms with van der Waals surface area (Å²) in [5, 5.41) is 11.9. The van der Waals surface area contributed by atoms with Gasteiger partial charge in [0.25, 0.3) is 0 Å². The highest BCUT2D eigenvalue weighted by atomic mass is 16.2. The van der Waals surface area contributed by atoms with E-state index in [4.69, 9.17) is 5.26 Å². The molecular weight excluding hydrogens is 438 g/mol. The molecule has 1 aromatic heterocycles. The third-order valence-corrected chi connectivity index (χ3v) is 8.98. The van der Waals surface area contributed by atoms with Crippen LogP contribution in [0.25, 0.3) is 0 Å². The summed E-state index contributed by atoms with van der Waals surface area (Å²) < 4.78 is 0. The molecule has 0 spiro atoms. The normalized spacial score (nSPS) is 30.6. The van der Waals surface area contributed by atoms with Gasteiger partial charge >= 0.3 is 0 Å². The fraction of sp³-hybridized carbons (Fsp3) is 0.571. The predicted octanol–water partition coefficient (Wildman–Crippen LogP) is 3.52. The number of nitrogens with zero attached hydrogens (tertiary/aromatic N) is 3. The average molecular weight is 472 g/mol. The third-order valence-electron chi connectivity index (χ3n) is 8.98. The molecule has 2 aromatic rings. The van der Waals surface area contributed by atoms with Gasteiger partial charge in [0.05, 0.1) is 29.9 Å². The average Bonchev–Trinajstić information content (AvgIpc) is 3.30. The lowest BCUT2D eigenvalue weighted by molar-refractivity contribution is -0.146. The van der Waals surface area contributed by atoms with Crippen LogP contribution in [0.3, 0.4) is 0 Å². The van der Waals surface area contributed by atoms with Crippen LogP contribution in [0.1, 0.15) is 73.6 Å². The number of rotatable bonds is 7. The Hall–Kier alpha value is -2.98. The van der Waals surface area contributed by atoms with Crippen LogP contribution >= 0.6 is 0 Å². The maximum atomic E-state index is 14.0. The van der Waals surface area contributed by atoms with Gasteiger partial charge in [0.1, 0.15) is 11.6 Å². The summed E-state index contributed by atoms with van der Waals surface area (Å²) in [7, 11) is 0. The van der Waals surface area contributed by atoms with E-state index in [1.807, 2.05) is 30.5 Å². The summed E-state index contributed by atoms with van der Waals surface area (Å²) in [4.78, 5) is 36.5. The van der Waals surface area contributed by atoms with Gasteiger partial charge in [-0.3, -0.25) is 14.5 Å². The van der Waals surface area contributed by atoms with E-state index in [0.717, 1.165) is 60.6 Å². The third kappa shape index (κ3) is 4.40. The first-order valence-electron chi connectivity index (χ1n) is 13.1. The Kier molecular flexibility index (Phi) is 5.72. The van der Waals surface area contributed by atoms with Gasteiger partial charge in [-0.05, 0) is 74.0 Å². The Bertz CT molecular complexity index is 1130. The Morgan fingerprint density at radius 1 is 1.14 bits per heavy atom. The van der Waals surface area contributed by atoms with Crippen LogP contribution in [-0.4, -0.2) is 46.2 Å². The van der Waals surface area contributed by atoms with Crippen LogP contribution in [-0.2, 0) is 16.0 Å². The van der Waals surface area contributed by atoms with Crippen molar-refractivity contribution in [2.45, 2.75) is 57.4 Å². The minimum atomic E-state index is -0.163. The Morgan fingerprint density at radius 3 is 2.46 bits per heavy atom. The number of benzene rings is 1. The van der Waals surface area contributed by atoms with Crippen LogP contribution in [0.15, 0.2) is 30.5 Å². The van der Waals surface area contributed by atoms with Crippen molar-refractivity contribution in [3.05, 3.63) is 53.1 Å². The molecule has 1 saturated heterocycles. The number of ketones is 1. The van der Waals surface area contributed by atoms with Gasteiger partial charge in [0.2, 0.25) is 5.91 Å². The fourth-order valence-electron chi connectivity index (χ4n) is 7.73. The first kappa shape index (κ1) is 22.5. The van der Waals surface area contributed by atoms with Crippen molar-refractivity contribution in [1.29, 1.82) is 5.26 Å². The number of aromatic amines is 1. The zero-order chi connectivity index (χ0) is 24.0. The molecule has 4 aliphatic carbocycles. The van der Waals surface area contributed by atoms with Crippen molar-refractivity contribution in [3.8, 4) is 6.07 Å². The van der Waals surface area contributed by atoms with Gasteiger partial charge in [0.15, 0.2) is 0 Å². The van der Waals surface area contributed by atoms with Gasteiger partial charge in [-0.15, -0.1) is 0 Å². The lowest BCUT2D eigenvalue weighted by Crippen LogP contribution is -2.52. The number of nitrogens with one attached hydrogen (secondary N) is 2. The van der Waals surface area contributed by atoms with Crippen molar-refractivity contribution in [1.82, 2.24) is 20.2 Å². The molecule has 1 aromatic carbocycles. The molecule has 4 saturated carbocycles. The van der Waals surface area contributed by atoms with Crippen molar-refractivity contribution in [2.75, 3.05) is 19.6 Å². The van der Waals surface area contributed by atoms with E-state index in [0.29, 0.717) is 37.3 Å². The zero-order valence-electron chi connectivity index (χ0n) is 20.1. The minimum Gasteiger partial charge on any atom is -0.354 e. The van der Waals surface area contributed by atoms with Crippen molar-refractivity contribution in [2.24, 2.45) is 23.2 Å². The molecule has 1 unspecified atom stereocenters. The van der Waals surface area contributed by atoms with Gasteiger partial charge in [-0.2, -0.15) is 5.26 Å². The highest BCUT2D eigenvalue weighted by Gasteiger charge is 2.54.